The number of anilines is 1. The maximum Gasteiger partial charge on any atom is 0.310 e. The Labute approximate surface area is 159 Å². The van der Waals surface area contributed by atoms with E-state index in [-0.39, 0.29) is 30.1 Å². The molecule has 2 saturated heterocycles. The topological polar surface area (TPSA) is 76.2 Å². The Kier molecular flexibility index (Phi) is 6.11. The first kappa shape index (κ1) is 19.4. The van der Waals surface area contributed by atoms with Crippen molar-refractivity contribution < 1.29 is 23.9 Å². The highest BCUT2D eigenvalue weighted by atomic mass is 16.5. The van der Waals surface area contributed by atoms with Gasteiger partial charge in [0, 0.05) is 6.54 Å². The average molecular weight is 374 g/mol. The molecule has 2 atom stereocenters. The fraction of sp³-hybridized carbons (Fsp3) is 0.550. The van der Waals surface area contributed by atoms with E-state index in [1.165, 1.54) is 4.90 Å². The molecule has 0 radical (unpaired) electrons. The van der Waals surface area contributed by atoms with Crippen LogP contribution < -0.4 is 9.64 Å². The molecule has 0 spiro atoms. The summed E-state index contributed by atoms with van der Waals surface area (Å²) in [6, 6.07) is 6.53. The number of nitrogens with zero attached hydrogens (tertiary/aromatic N) is 2. The van der Waals surface area contributed by atoms with Gasteiger partial charge in [0.2, 0.25) is 5.91 Å². The van der Waals surface area contributed by atoms with E-state index in [4.69, 9.17) is 9.47 Å². The second kappa shape index (κ2) is 8.52. The summed E-state index contributed by atoms with van der Waals surface area (Å²) in [6.07, 6.45) is 1.67. The van der Waals surface area contributed by atoms with Gasteiger partial charge in [0.05, 0.1) is 37.3 Å². The summed E-state index contributed by atoms with van der Waals surface area (Å²) in [5.41, 5.74) is 0.482. The van der Waals surface area contributed by atoms with Crippen molar-refractivity contribution >= 4 is 23.5 Å². The van der Waals surface area contributed by atoms with Gasteiger partial charge < -0.3 is 9.47 Å². The number of para-hydroxylation sites is 2. The number of hydrogen-bond acceptors (Lipinski definition) is 6. The molecule has 0 bridgehead atoms. The molecule has 7 heteroatoms. The molecule has 2 fully saturated rings. The van der Waals surface area contributed by atoms with Crippen LogP contribution in [0, 0.1) is 5.92 Å². The van der Waals surface area contributed by atoms with E-state index in [0.29, 0.717) is 37.7 Å². The highest BCUT2D eigenvalue weighted by Gasteiger charge is 2.45. The molecule has 2 amide bonds. The first-order valence-corrected chi connectivity index (χ1v) is 9.56. The number of piperidine rings is 1. The van der Waals surface area contributed by atoms with Crippen LogP contribution in [0.25, 0.3) is 0 Å². The van der Waals surface area contributed by atoms with Crippen molar-refractivity contribution in [3.05, 3.63) is 24.3 Å². The average Bonchev–Trinajstić information content (AvgIpc) is 2.97. The smallest absolute Gasteiger partial charge is 0.310 e. The Morgan fingerprint density at radius 1 is 1.19 bits per heavy atom. The monoisotopic (exact) mass is 374 g/mol. The zero-order valence-corrected chi connectivity index (χ0v) is 15.8. The van der Waals surface area contributed by atoms with Gasteiger partial charge in [-0.2, -0.15) is 0 Å². The van der Waals surface area contributed by atoms with E-state index >= 15 is 0 Å². The molecule has 7 nitrogen and oxygen atoms in total. The number of carbonyl (C=O) groups excluding carboxylic acids is 3. The first-order chi connectivity index (χ1) is 13.1. The molecule has 2 unspecified atom stereocenters. The summed E-state index contributed by atoms with van der Waals surface area (Å²) in [5.74, 6) is -0.443. The van der Waals surface area contributed by atoms with Crippen LogP contribution in [-0.2, 0) is 19.1 Å². The Balaban J connectivity index is 1.77. The number of likely N-dealkylation sites (tertiary alicyclic amines) is 1. The summed E-state index contributed by atoms with van der Waals surface area (Å²) < 4.78 is 10.7. The van der Waals surface area contributed by atoms with Crippen LogP contribution >= 0.6 is 0 Å². The number of amides is 2. The number of rotatable bonds is 6. The molecule has 2 heterocycles. The fourth-order valence-electron chi connectivity index (χ4n) is 3.82. The predicted molar refractivity (Wildman–Crippen MR) is 99.4 cm³/mol. The molecule has 3 rings (SSSR count). The van der Waals surface area contributed by atoms with Crippen molar-refractivity contribution in [3.63, 3.8) is 0 Å². The van der Waals surface area contributed by atoms with Gasteiger partial charge in [-0.15, -0.1) is 0 Å². The Morgan fingerprint density at radius 3 is 2.70 bits per heavy atom. The van der Waals surface area contributed by atoms with Crippen molar-refractivity contribution in [2.24, 2.45) is 5.92 Å². The van der Waals surface area contributed by atoms with Gasteiger partial charge in [-0.25, -0.2) is 4.90 Å². The third-order valence-corrected chi connectivity index (χ3v) is 5.04. The van der Waals surface area contributed by atoms with Gasteiger partial charge in [-0.05, 0) is 45.4 Å². The zero-order chi connectivity index (χ0) is 19.4. The normalized spacial score (nSPS) is 23.6. The summed E-state index contributed by atoms with van der Waals surface area (Å²) in [6.45, 7) is 5.58. The van der Waals surface area contributed by atoms with Gasteiger partial charge in [0.15, 0.2) is 0 Å². The molecule has 146 valence electrons. The van der Waals surface area contributed by atoms with Crippen LogP contribution in [0.4, 0.5) is 5.69 Å². The van der Waals surface area contributed by atoms with Gasteiger partial charge in [-0.3, -0.25) is 19.3 Å². The molecule has 1 aromatic rings. The van der Waals surface area contributed by atoms with Gasteiger partial charge in [0.1, 0.15) is 5.75 Å². The Bertz CT molecular complexity index is 720. The number of imide groups is 1. The van der Waals surface area contributed by atoms with E-state index in [0.717, 1.165) is 12.8 Å². The van der Waals surface area contributed by atoms with E-state index in [1.807, 2.05) is 17.9 Å². The van der Waals surface area contributed by atoms with E-state index in [9.17, 15) is 14.4 Å². The minimum absolute atomic E-state index is 0.120. The minimum atomic E-state index is -0.538. The Morgan fingerprint density at radius 2 is 1.96 bits per heavy atom. The highest BCUT2D eigenvalue weighted by Crippen LogP contribution is 2.34. The molecular weight excluding hydrogens is 348 g/mol. The van der Waals surface area contributed by atoms with E-state index in [2.05, 4.69) is 0 Å². The first-order valence-electron chi connectivity index (χ1n) is 9.56. The lowest BCUT2D eigenvalue weighted by Crippen LogP contribution is -2.48. The van der Waals surface area contributed by atoms with Gasteiger partial charge in [0.25, 0.3) is 5.91 Å². The van der Waals surface area contributed by atoms with Crippen molar-refractivity contribution in [1.29, 1.82) is 0 Å². The molecule has 2 aliphatic heterocycles. The molecule has 27 heavy (non-hydrogen) atoms. The van der Waals surface area contributed by atoms with Crippen molar-refractivity contribution in [1.82, 2.24) is 4.90 Å². The summed E-state index contributed by atoms with van der Waals surface area (Å²) in [5, 5.41) is 0. The number of ether oxygens (including phenoxy) is 2. The third-order valence-electron chi connectivity index (χ3n) is 5.04. The van der Waals surface area contributed by atoms with Crippen LogP contribution in [0.3, 0.4) is 0 Å². The maximum atomic E-state index is 13.1. The SMILES string of the molecule is CCOC(=O)C1CCCN(C2CC(=O)N(c3ccccc3OCC)C2=O)C1. The van der Waals surface area contributed by atoms with Crippen LogP contribution in [0.1, 0.15) is 33.1 Å². The van der Waals surface area contributed by atoms with Crippen LogP contribution in [0.2, 0.25) is 0 Å². The van der Waals surface area contributed by atoms with Crippen LogP contribution in [0.5, 0.6) is 5.75 Å². The van der Waals surface area contributed by atoms with Crippen molar-refractivity contribution in [3.8, 4) is 5.75 Å². The second-order valence-electron chi connectivity index (χ2n) is 6.77. The standard InChI is InChI=1S/C20H26N2O5/c1-3-26-17-10-6-5-9-15(17)22-18(23)12-16(19(22)24)21-11-7-8-14(13-21)20(25)27-4-2/h5-6,9-10,14,16H,3-4,7-8,11-13H2,1-2H3. The molecule has 0 N–H and O–H groups in total. The number of hydrogen-bond donors (Lipinski definition) is 0. The van der Waals surface area contributed by atoms with E-state index < -0.39 is 6.04 Å². The fourth-order valence-corrected chi connectivity index (χ4v) is 3.82. The maximum absolute atomic E-state index is 13.1. The van der Waals surface area contributed by atoms with Crippen molar-refractivity contribution in [2.75, 3.05) is 31.2 Å². The van der Waals surface area contributed by atoms with Gasteiger partial charge in [-0.1, -0.05) is 12.1 Å². The quantitative estimate of drug-likeness (QED) is 0.560. The molecule has 0 aromatic heterocycles. The largest absolute Gasteiger partial charge is 0.492 e. The lowest BCUT2D eigenvalue weighted by Gasteiger charge is -2.34. The third kappa shape index (κ3) is 3.98. The summed E-state index contributed by atoms with van der Waals surface area (Å²) >= 11 is 0. The molecule has 0 saturated carbocycles. The van der Waals surface area contributed by atoms with Gasteiger partial charge >= 0.3 is 5.97 Å². The van der Waals surface area contributed by atoms with Crippen molar-refractivity contribution in [2.45, 2.75) is 39.2 Å². The zero-order valence-electron chi connectivity index (χ0n) is 15.8. The van der Waals surface area contributed by atoms with E-state index in [1.54, 1.807) is 25.1 Å². The highest BCUT2D eigenvalue weighted by molar-refractivity contribution is 6.23. The molecular formula is C20H26N2O5. The lowest BCUT2D eigenvalue weighted by atomic mass is 9.96. The summed E-state index contributed by atoms with van der Waals surface area (Å²) in [7, 11) is 0. The second-order valence-corrected chi connectivity index (χ2v) is 6.77. The molecule has 1 aromatic carbocycles. The van der Waals surface area contributed by atoms with Crippen LogP contribution in [0.15, 0.2) is 24.3 Å². The molecule has 2 aliphatic rings. The number of benzene rings is 1. The Hall–Kier alpha value is -2.41. The predicted octanol–water partition coefficient (Wildman–Crippen LogP) is 1.99. The number of carbonyl (C=O) groups is 3. The lowest BCUT2D eigenvalue weighted by molar-refractivity contribution is -0.150. The number of esters is 1. The summed E-state index contributed by atoms with van der Waals surface area (Å²) in [4.78, 5) is 41.0. The molecule has 0 aliphatic carbocycles. The van der Waals surface area contributed by atoms with Crippen LogP contribution in [-0.4, -0.2) is 55.0 Å². The minimum Gasteiger partial charge on any atom is -0.492 e.